The van der Waals surface area contributed by atoms with Gasteiger partial charge in [-0.1, -0.05) is 73.8 Å². The van der Waals surface area contributed by atoms with Crippen molar-refractivity contribution >= 4 is 35.2 Å². The summed E-state index contributed by atoms with van der Waals surface area (Å²) in [5.41, 5.74) is 2.30. The molecular weight excluding hydrogens is 450 g/mol. The average Bonchev–Trinajstić information content (AvgIpc) is 3.01. The van der Waals surface area contributed by atoms with E-state index in [2.05, 4.69) is 55.2 Å². The fourth-order valence-corrected chi connectivity index (χ4v) is 8.05. The number of phenolic OH excluding ortho intramolecular Hbond substituents is 1. The summed E-state index contributed by atoms with van der Waals surface area (Å²) in [7, 11) is 0. The smallest absolute Gasteiger partial charge is 0.305 e. The normalized spacial score (nSPS) is 23.4. The van der Waals surface area contributed by atoms with Gasteiger partial charge in [0.1, 0.15) is 5.75 Å². The fourth-order valence-electron chi connectivity index (χ4n) is 5.32. The van der Waals surface area contributed by atoms with Gasteiger partial charge in [0.15, 0.2) is 0 Å². The van der Waals surface area contributed by atoms with E-state index in [0.29, 0.717) is 18.2 Å². The molecule has 0 spiro atoms. The molecule has 5 rings (SSSR count). The molecule has 4 nitrogen and oxygen atoms in total. The van der Waals surface area contributed by atoms with Gasteiger partial charge in [0.25, 0.3) is 0 Å². The number of aromatic hydroxyl groups is 1. The van der Waals surface area contributed by atoms with E-state index >= 15 is 0 Å². The first-order valence-electron chi connectivity index (χ1n) is 11.5. The minimum absolute atomic E-state index is 0.0992. The molecule has 3 aliphatic rings. The van der Waals surface area contributed by atoms with E-state index < -0.39 is 5.97 Å². The molecule has 2 unspecified atom stereocenters. The van der Waals surface area contributed by atoms with Gasteiger partial charge in [-0.15, -0.1) is 0 Å². The number of benzene rings is 2. The van der Waals surface area contributed by atoms with Gasteiger partial charge < -0.3 is 15.1 Å². The highest BCUT2D eigenvalue weighted by molar-refractivity contribution is 8.09. The lowest BCUT2D eigenvalue weighted by atomic mass is 9.79. The van der Waals surface area contributed by atoms with Crippen LogP contribution in [0.15, 0.2) is 74.2 Å². The molecule has 1 aliphatic carbocycles. The quantitative estimate of drug-likeness (QED) is 0.460. The maximum atomic E-state index is 11.4. The number of thioether (sulfide) groups is 2. The number of aliphatic carboxylic acids is 1. The van der Waals surface area contributed by atoms with Crippen LogP contribution in [-0.2, 0) is 10.2 Å². The van der Waals surface area contributed by atoms with E-state index in [0.717, 1.165) is 34.7 Å². The molecule has 0 saturated carbocycles. The third kappa shape index (κ3) is 4.08. The first kappa shape index (κ1) is 22.5. The maximum Gasteiger partial charge on any atom is 0.305 e. The van der Waals surface area contributed by atoms with Crippen molar-refractivity contribution in [2.75, 3.05) is 11.4 Å². The van der Waals surface area contributed by atoms with Crippen molar-refractivity contribution in [3.8, 4) is 5.75 Å². The molecule has 2 heterocycles. The van der Waals surface area contributed by atoms with Crippen molar-refractivity contribution in [3.63, 3.8) is 0 Å². The van der Waals surface area contributed by atoms with Crippen molar-refractivity contribution < 1.29 is 15.0 Å². The number of phenols is 1. The zero-order chi connectivity index (χ0) is 23.2. The number of rotatable bonds is 5. The monoisotopic (exact) mass is 479 g/mol. The number of hydrogen-bond acceptors (Lipinski definition) is 5. The summed E-state index contributed by atoms with van der Waals surface area (Å²) in [6.45, 7) is 5.01. The summed E-state index contributed by atoms with van der Waals surface area (Å²) < 4.78 is 0. The molecule has 2 aliphatic heterocycles. The SMILES string of the molecule is CC1(C)c2ccccc2N(CCC(=O)O)C1/C=C/C1CCCC2=C1Sc1c(O)cccc1S2. The number of nitrogens with zero attached hydrogens (tertiary/aromatic N) is 1. The molecule has 2 N–H and O–H groups in total. The fraction of sp³-hybridized carbons (Fsp3) is 0.370. The molecule has 33 heavy (non-hydrogen) atoms. The molecule has 6 heteroatoms. The Balaban J connectivity index is 1.45. The van der Waals surface area contributed by atoms with Gasteiger partial charge >= 0.3 is 5.97 Å². The molecule has 0 radical (unpaired) electrons. The maximum absolute atomic E-state index is 11.4. The molecule has 0 bridgehead atoms. The van der Waals surface area contributed by atoms with Gasteiger partial charge in [0.05, 0.1) is 17.4 Å². The van der Waals surface area contributed by atoms with Gasteiger partial charge in [-0.05, 0) is 43.0 Å². The first-order chi connectivity index (χ1) is 15.9. The van der Waals surface area contributed by atoms with Crippen LogP contribution in [-0.4, -0.2) is 28.8 Å². The minimum atomic E-state index is -0.768. The predicted octanol–water partition coefficient (Wildman–Crippen LogP) is 6.80. The van der Waals surface area contributed by atoms with E-state index in [4.69, 9.17) is 0 Å². The Morgan fingerprint density at radius 3 is 2.79 bits per heavy atom. The van der Waals surface area contributed by atoms with Crippen LogP contribution in [0.5, 0.6) is 5.75 Å². The first-order valence-corrected chi connectivity index (χ1v) is 13.2. The van der Waals surface area contributed by atoms with Crippen LogP contribution in [0.4, 0.5) is 5.69 Å². The average molecular weight is 480 g/mol. The number of anilines is 1. The second-order valence-electron chi connectivity index (χ2n) is 9.50. The summed E-state index contributed by atoms with van der Waals surface area (Å²) >= 11 is 3.53. The number of hydrogen-bond donors (Lipinski definition) is 2. The zero-order valence-electron chi connectivity index (χ0n) is 19.0. The molecular formula is C27H29NO3S2. The summed E-state index contributed by atoms with van der Waals surface area (Å²) in [5.74, 6) is -0.0898. The summed E-state index contributed by atoms with van der Waals surface area (Å²) in [5, 5.41) is 19.7. The lowest BCUT2D eigenvalue weighted by Crippen LogP contribution is -2.41. The van der Waals surface area contributed by atoms with Crippen molar-refractivity contribution in [3.05, 3.63) is 70.0 Å². The van der Waals surface area contributed by atoms with Crippen LogP contribution in [0.2, 0.25) is 0 Å². The predicted molar refractivity (Wildman–Crippen MR) is 136 cm³/mol. The highest BCUT2D eigenvalue weighted by atomic mass is 32.2. The molecule has 0 saturated heterocycles. The Hall–Kier alpha value is -2.31. The van der Waals surface area contributed by atoms with Crippen LogP contribution in [0.25, 0.3) is 0 Å². The topological polar surface area (TPSA) is 60.8 Å². The molecule has 0 fully saturated rings. The number of para-hydroxylation sites is 1. The standard InChI is InChI=1S/C27H29NO3S2/c1-27(2)18-8-3-4-9-19(18)28(16-15-24(30)31)23(27)14-13-17-7-5-11-21-25(17)33-26-20(29)10-6-12-22(26)32-21/h3-4,6,8-10,12-14,17,23,29H,5,7,11,15-16H2,1-2H3,(H,30,31)/b14-13+. The molecule has 2 atom stereocenters. The van der Waals surface area contributed by atoms with Gasteiger partial charge in [-0.3, -0.25) is 4.79 Å². The number of fused-ring (bicyclic) bond motifs is 2. The van der Waals surface area contributed by atoms with Gasteiger partial charge in [-0.25, -0.2) is 0 Å². The van der Waals surface area contributed by atoms with E-state index in [9.17, 15) is 15.0 Å². The van der Waals surface area contributed by atoms with E-state index in [1.165, 1.54) is 15.4 Å². The largest absolute Gasteiger partial charge is 0.507 e. The van der Waals surface area contributed by atoms with Crippen LogP contribution in [0.3, 0.4) is 0 Å². The second-order valence-corrected chi connectivity index (χ2v) is 11.7. The van der Waals surface area contributed by atoms with Crippen molar-refractivity contribution in [1.82, 2.24) is 0 Å². The molecule has 2 aromatic rings. The number of carbonyl (C=O) groups is 1. The summed E-state index contributed by atoms with van der Waals surface area (Å²) in [4.78, 5) is 18.5. The Morgan fingerprint density at radius 1 is 1.15 bits per heavy atom. The third-order valence-corrected chi connectivity index (χ3v) is 9.90. The molecule has 172 valence electrons. The molecule has 0 aromatic heterocycles. The van der Waals surface area contributed by atoms with Crippen LogP contribution in [0.1, 0.15) is 45.1 Å². The summed E-state index contributed by atoms with van der Waals surface area (Å²) in [6, 6.07) is 14.3. The van der Waals surface area contributed by atoms with E-state index in [1.807, 2.05) is 23.9 Å². The van der Waals surface area contributed by atoms with Gasteiger partial charge in [0.2, 0.25) is 0 Å². The molecule has 0 amide bonds. The number of carboxylic acid groups (broad SMARTS) is 1. The Labute approximate surface area is 203 Å². The Morgan fingerprint density at radius 2 is 1.97 bits per heavy atom. The lowest BCUT2D eigenvalue weighted by molar-refractivity contribution is -0.136. The Bertz CT molecular complexity index is 1150. The van der Waals surface area contributed by atoms with E-state index in [1.54, 1.807) is 17.8 Å². The highest BCUT2D eigenvalue weighted by Crippen LogP contribution is 2.56. The van der Waals surface area contributed by atoms with E-state index in [-0.39, 0.29) is 17.9 Å². The molecule has 2 aromatic carbocycles. The van der Waals surface area contributed by atoms with Gasteiger partial charge in [-0.2, -0.15) is 0 Å². The summed E-state index contributed by atoms with van der Waals surface area (Å²) in [6.07, 6.45) is 8.13. The Kier molecular flexibility index (Phi) is 6.00. The zero-order valence-corrected chi connectivity index (χ0v) is 20.6. The van der Waals surface area contributed by atoms with Crippen LogP contribution < -0.4 is 4.90 Å². The van der Waals surface area contributed by atoms with Crippen molar-refractivity contribution in [2.45, 2.75) is 60.8 Å². The number of carboxylic acids is 1. The second kappa shape index (κ2) is 8.80. The van der Waals surface area contributed by atoms with Crippen molar-refractivity contribution in [2.24, 2.45) is 5.92 Å². The lowest BCUT2D eigenvalue weighted by Gasteiger charge is -2.34. The third-order valence-electron chi connectivity index (χ3n) is 7.01. The van der Waals surface area contributed by atoms with Crippen LogP contribution in [0, 0.1) is 5.92 Å². The van der Waals surface area contributed by atoms with Crippen molar-refractivity contribution in [1.29, 1.82) is 0 Å². The minimum Gasteiger partial charge on any atom is -0.507 e. The number of allylic oxidation sites excluding steroid dienone is 3. The van der Waals surface area contributed by atoms with Crippen LogP contribution >= 0.6 is 23.5 Å². The highest BCUT2D eigenvalue weighted by Gasteiger charge is 2.43. The van der Waals surface area contributed by atoms with Gasteiger partial charge in [0, 0.05) is 38.3 Å².